The first kappa shape index (κ1) is 21.4. The van der Waals surface area contributed by atoms with E-state index in [1.165, 1.54) is 6.07 Å². The van der Waals surface area contributed by atoms with Crippen LogP contribution in [0.1, 0.15) is 24.5 Å². The van der Waals surface area contributed by atoms with E-state index in [0.29, 0.717) is 19.8 Å². The molecule has 0 saturated carbocycles. The van der Waals surface area contributed by atoms with Gasteiger partial charge in [0.25, 0.3) is 0 Å². The van der Waals surface area contributed by atoms with E-state index in [-0.39, 0.29) is 30.4 Å². The number of benzene rings is 2. The standard InChI is InChI=1S/C23H28F2N2O2/c1-18(16-26-11-13-29-14-12-26)27(17-19-5-3-2-4-6-19)23(28)10-7-20-15-21(24)8-9-22(20)25/h2-6,8-9,15,18H,7,10-14,16-17H2,1H3. The molecule has 0 radical (unpaired) electrons. The monoisotopic (exact) mass is 402 g/mol. The Labute approximate surface area is 171 Å². The number of nitrogens with zero attached hydrogens (tertiary/aromatic N) is 2. The molecule has 1 saturated heterocycles. The van der Waals surface area contributed by atoms with Crippen molar-refractivity contribution in [3.05, 3.63) is 71.3 Å². The molecule has 1 unspecified atom stereocenters. The Balaban J connectivity index is 1.68. The molecule has 4 nitrogen and oxygen atoms in total. The largest absolute Gasteiger partial charge is 0.379 e. The van der Waals surface area contributed by atoms with Gasteiger partial charge in [0, 0.05) is 38.6 Å². The van der Waals surface area contributed by atoms with Crippen LogP contribution in [-0.2, 0) is 22.5 Å². The van der Waals surface area contributed by atoms with Crippen LogP contribution in [0.2, 0.25) is 0 Å². The van der Waals surface area contributed by atoms with E-state index in [0.717, 1.165) is 37.3 Å². The van der Waals surface area contributed by atoms with Crippen molar-refractivity contribution >= 4 is 5.91 Å². The Hall–Kier alpha value is -2.31. The molecule has 156 valence electrons. The van der Waals surface area contributed by atoms with Gasteiger partial charge in [0.2, 0.25) is 5.91 Å². The molecular weight excluding hydrogens is 374 g/mol. The summed E-state index contributed by atoms with van der Waals surface area (Å²) >= 11 is 0. The molecule has 1 aliphatic rings. The molecular formula is C23H28F2N2O2. The normalized spacial score (nSPS) is 15.8. The summed E-state index contributed by atoms with van der Waals surface area (Å²) in [5.41, 5.74) is 1.28. The molecule has 1 atom stereocenters. The average molecular weight is 402 g/mol. The van der Waals surface area contributed by atoms with Crippen LogP contribution in [0.5, 0.6) is 0 Å². The number of hydrogen-bond acceptors (Lipinski definition) is 3. The number of rotatable bonds is 8. The van der Waals surface area contributed by atoms with Gasteiger partial charge in [0.1, 0.15) is 11.6 Å². The zero-order valence-corrected chi connectivity index (χ0v) is 16.8. The Morgan fingerprint density at radius 1 is 1.14 bits per heavy atom. The van der Waals surface area contributed by atoms with Crippen molar-refractivity contribution in [2.45, 2.75) is 32.4 Å². The molecule has 2 aromatic rings. The summed E-state index contributed by atoms with van der Waals surface area (Å²) < 4.78 is 32.8. The van der Waals surface area contributed by atoms with Crippen LogP contribution in [0.4, 0.5) is 8.78 Å². The number of carbonyl (C=O) groups is 1. The number of carbonyl (C=O) groups excluding carboxylic acids is 1. The number of hydrogen-bond donors (Lipinski definition) is 0. The Morgan fingerprint density at radius 3 is 2.59 bits per heavy atom. The molecule has 0 spiro atoms. The number of ether oxygens (including phenoxy) is 1. The lowest BCUT2D eigenvalue weighted by Crippen LogP contribution is -2.48. The van der Waals surface area contributed by atoms with Crippen molar-refractivity contribution in [3.8, 4) is 0 Å². The minimum atomic E-state index is -0.490. The van der Waals surface area contributed by atoms with Gasteiger partial charge in [-0.2, -0.15) is 0 Å². The van der Waals surface area contributed by atoms with Gasteiger partial charge in [0.15, 0.2) is 0 Å². The fourth-order valence-corrected chi connectivity index (χ4v) is 3.65. The number of halogens is 2. The maximum Gasteiger partial charge on any atom is 0.223 e. The van der Waals surface area contributed by atoms with Crippen molar-refractivity contribution in [2.75, 3.05) is 32.8 Å². The minimum Gasteiger partial charge on any atom is -0.379 e. The third-order valence-electron chi connectivity index (χ3n) is 5.29. The predicted octanol–water partition coefficient (Wildman–Crippen LogP) is 3.65. The maximum atomic E-state index is 13.9. The fraction of sp³-hybridized carbons (Fsp3) is 0.435. The molecule has 29 heavy (non-hydrogen) atoms. The lowest BCUT2D eigenvalue weighted by molar-refractivity contribution is -0.134. The molecule has 0 aliphatic carbocycles. The third-order valence-corrected chi connectivity index (χ3v) is 5.29. The van der Waals surface area contributed by atoms with Crippen LogP contribution in [0.3, 0.4) is 0 Å². The van der Waals surface area contributed by atoms with Crippen molar-refractivity contribution in [2.24, 2.45) is 0 Å². The van der Waals surface area contributed by atoms with Crippen molar-refractivity contribution in [1.29, 1.82) is 0 Å². The first-order valence-electron chi connectivity index (χ1n) is 10.1. The Bertz CT molecular complexity index is 795. The highest BCUT2D eigenvalue weighted by Crippen LogP contribution is 2.16. The van der Waals surface area contributed by atoms with Crippen molar-refractivity contribution < 1.29 is 18.3 Å². The van der Waals surface area contributed by atoms with Crippen molar-refractivity contribution in [3.63, 3.8) is 0 Å². The Kier molecular flexibility index (Phi) is 7.72. The summed E-state index contributed by atoms with van der Waals surface area (Å²) in [5, 5.41) is 0. The number of amides is 1. The van der Waals surface area contributed by atoms with Gasteiger partial charge in [0.05, 0.1) is 13.2 Å². The highest BCUT2D eigenvalue weighted by molar-refractivity contribution is 5.76. The van der Waals surface area contributed by atoms with E-state index in [1.54, 1.807) is 0 Å². The average Bonchev–Trinajstić information content (AvgIpc) is 2.74. The number of morpholine rings is 1. The van der Waals surface area contributed by atoms with E-state index in [4.69, 9.17) is 4.74 Å². The van der Waals surface area contributed by atoms with Crippen LogP contribution in [-0.4, -0.2) is 54.6 Å². The van der Waals surface area contributed by atoms with E-state index in [1.807, 2.05) is 42.2 Å². The third kappa shape index (κ3) is 6.34. The van der Waals surface area contributed by atoms with E-state index in [9.17, 15) is 13.6 Å². The van der Waals surface area contributed by atoms with Crippen LogP contribution in [0, 0.1) is 11.6 Å². The van der Waals surface area contributed by atoms with E-state index in [2.05, 4.69) is 4.90 Å². The molecule has 1 aliphatic heterocycles. The summed E-state index contributed by atoms with van der Waals surface area (Å²) in [6.07, 6.45) is 0.318. The van der Waals surface area contributed by atoms with Crippen LogP contribution in [0.25, 0.3) is 0 Å². The first-order chi connectivity index (χ1) is 14.0. The van der Waals surface area contributed by atoms with Gasteiger partial charge >= 0.3 is 0 Å². The van der Waals surface area contributed by atoms with Crippen LogP contribution < -0.4 is 0 Å². The summed E-state index contributed by atoms with van der Waals surface area (Å²) in [7, 11) is 0. The highest BCUT2D eigenvalue weighted by atomic mass is 19.1. The van der Waals surface area contributed by atoms with Crippen molar-refractivity contribution in [1.82, 2.24) is 9.80 Å². The second-order valence-electron chi connectivity index (χ2n) is 7.50. The van der Waals surface area contributed by atoms with Gasteiger partial charge < -0.3 is 9.64 Å². The van der Waals surface area contributed by atoms with Crippen LogP contribution in [0.15, 0.2) is 48.5 Å². The topological polar surface area (TPSA) is 32.8 Å². The second-order valence-corrected chi connectivity index (χ2v) is 7.50. The smallest absolute Gasteiger partial charge is 0.223 e. The minimum absolute atomic E-state index is 0.00170. The summed E-state index contributed by atoms with van der Waals surface area (Å²) in [5.74, 6) is -1.02. The van der Waals surface area contributed by atoms with Crippen LogP contribution >= 0.6 is 0 Å². The molecule has 6 heteroatoms. The molecule has 1 heterocycles. The summed E-state index contributed by atoms with van der Waals surface area (Å²) in [4.78, 5) is 17.2. The quantitative estimate of drug-likeness (QED) is 0.676. The lowest BCUT2D eigenvalue weighted by Gasteiger charge is -2.35. The van der Waals surface area contributed by atoms with Gasteiger partial charge in [-0.15, -0.1) is 0 Å². The second kappa shape index (κ2) is 10.5. The SMILES string of the molecule is CC(CN1CCOCC1)N(Cc1ccccc1)C(=O)CCc1cc(F)ccc1F. The summed E-state index contributed by atoms with van der Waals surface area (Å²) in [6, 6.07) is 13.2. The molecule has 0 bridgehead atoms. The van der Waals surface area contributed by atoms with Gasteiger partial charge in [-0.3, -0.25) is 9.69 Å². The first-order valence-corrected chi connectivity index (χ1v) is 10.1. The maximum absolute atomic E-state index is 13.9. The van der Waals surface area contributed by atoms with Gasteiger partial charge in [-0.25, -0.2) is 8.78 Å². The lowest BCUT2D eigenvalue weighted by atomic mass is 10.1. The summed E-state index contributed by atoms with van der Waals surface area (Å²) in [6.45, 7) is 6.42. The number of aryl methyl sites for hydroxylation is 1. The van der Waals surface area contributed by atoms with Gasteiger partial charge in [-0.05, 0) is 42.7 Å². The zero-order valence-electron chi connectivity index (χ0n) is 16.8. The molecule has 0 aromatic heterocycles. The molecule has 2 aromatic carbocycles. The zero-order chi connectivity index (χ0) is 20.6. The molecule has 1 amide bonds. The van der Waals surface area contributed by atoms with E-state index >= 15 is 0 Å². The molecule has 3 rings (SSSR count). The highest BCUT2D eigenvalue weighted by Gasteiger charge is 2.23. The fourth-order valence-electron chi connectivity index (χ4n) is 3.65. The Morgan fingerprint density at radius 2 is 1.86 bits per heavy atom. The molecule has 0 N–H and O–H groups in total. The van der Waals surface area contributed by atoms with Gasteiger partial charge in [-0.1, -0.05) is 30.3 Å². The predicted molar refractivity (Wildman–Crippen MR) is 108 cm³/mol. The molecule has 1 fully saturated rings. The van der Waals surface area contributed by atoms with E-state index < -0.39 is 11.6 Å².